The van der Waals surface area contributed by atoms with Gasteiger partial charge in [0, 0.05) is 39.1 Å². The largest absolute Gasteiger partial charge is 0.271 e. The topological polar surface area (TPSA) is 73.8 Å². The summed E-state index contributed by atoms with van der Waals surface area (Å²) in [5.74, 6) is -0.395. The number of pyridine rings is 1. The number of aromatic nitrogens is 3. The quantitative estimate of drug-likeness (QED) is 0.241. The van der Waals surface area contributed by atoms with Crippen molar-refractivity contribution >= 4 is 43.4 Å². The second-order valence-electron chi connectivity index (χ2n) is 6.73. The Labute approximate surface area is 177 Å². The van der Waals surface area contributed by atoms with E-state index in [9.17, 15) is 14.5 Å². The average Bonchev–Trinajstić information content (AvgIpc) is 3.14. The number of fused-ring (bicyclic) bond motifs is 3. The molecule has 0 aliphatic carbocycles. The first-order valence-corrected chi connectivity index (χ1v) is 9.78. The monoisotopic (exact) mass is 462 g/mol. The van der Waals surface area contributed by atoms with Gasteiger partial charge in [-0.1, -0.05) is 34.1 Å². The zero-order valence-corrected chi connectivity index (χ0v) is 16.9. The van der Waals surface area contributed by atoms with Gasteiger partial charge in [0.15, 0.2) is 0 Å². The van der Waals surface area contributed by atoms with Crippen molar-refractivity contribution in [1.82, 2.24) is 14.8 Å². The van der Waals surface area contributed by atoms with Crippen molar-refractivity contribution < 1.29 is 9.31 Å². The van der Waals surface area contributed by atoms with E-state index >= 15 is 0 Å². The predicted octanol–water partition coefficient (Wildman–Crippen LogP) is 6.05. The van der Waals surface area contributed by atoms with Gasteiger partial charge >= 0.3 is 0 Å². The Balaban J connectivity index is 1.89. The molecule has 0 unspecified atom stereocenters. The van der Waals surface area contributed by atoms with Crippen LogP contribution in [-0.4, -0.2) is 19.7 Å². The summed E-state index contributed by atoms with van der Waals surface area (Å²) in [6.07, 6.45) is 1.70. The smallest absolute Gasteiger partial charge is 0.258 e. The van der Waals surface area contributed by atoms with E-state index in [0.717, 1.165) is 15.4 Å². The second-order valence-corrected chi connectivity index (χ2v) is 7.64. The molecule has 0 bridgehead atoms. The summed E-state index contributed by atoms with van der Waals surface area (Å²) in [5.41, 5.74) is 3.21. The van der Waals surface area contributed by atoms with Crippen molar-refractivity contribution in [2.24, 2.45) is 0 Å². The Kier molecular flexibility index (Phi) is 4.29. The molecule has 6 nitrogen and oxygen atoms in total. The number of nitro groups is 1. The summed E-state index contributed by atoms with van der Waals surface area (Å²) in [6, 6.07) is 18.2. The van der Waals surface area contributed by atoms with Crippen molar-refractivity contribution in [1.29, 1.82) is 0 Å². The van der Waals surface area contributed by atoms with Gasteiger partial charge in [-0.15, -0.1) is 0 Å². The van der Waals surface area contributed by atoms with E-state index in [0.29, 0.717) is 27.8 Å². The minimum absolute atomic E-state index is 0.0501. The van der Waals surface area contributed by atoms with Crippen molar-refractivity contribution in [3.05, 3.63) is 93.3 Å². The number of nitro benzene ring substituents is 1. The minimum Gasteiger partial charge on any atom is -0.258 e. The zero-order chi connectivity index (χ0) is 20.8. The van der Waals surface area contributed by atoms with Gasteiger partial charge in [-0.3, -0.25) is 15.1 Å². The van der Waals surface area contributed by atoms with E-state index in [-0.39, 0.29) is 5.69 Å². The normalized spacial score (nSPS) is 11.3. The SMILES string of the molecule is O=[N+]([O-])c1cccc(-n2nc(-c3ccc(Br)cc3)c3cnc4ccc(F)cc4c32)c1. The zero-order valence-electron chi connectivity index (χ0n) is 15.3. The lowest BCUT2D eigenvalue weighted by Crippen LogP contribution is -1.99. The van der Waals surface area contributed by atoms with Crippen LogP contribution in [0.25, 0.3) is 38.8 Å². The van der Waals surface area contributed by atoms with E-state index in [4.69, 9.17) is 5.10 Å². The van der Waals surface area contributed by atoms with E-state index in [1.54, 1.807) is 29.1 Å². The molecule has 3 aromatic carbocycles. The number of hydrogen-bond acceptors (Lipinski definition) is 4. The second kappa shape index (κ2) is 7.00. The lowest BCUT2D eigenvalue weighted by molar-refractivity contribution is -0.384. The first-order chi connectivity index (χ1) is 14.5. The first-order valence-electron chi connectivity index (χ1n) is 8.99. The highest BCUT2D eigenvalue weighted by Crippen LogP contribution is 2.34. The van der Waals surface area contributed by atoms with E-state index in [1.165, 1.54) is 24.3 Å². The number of nitrogens with zero attached hydrogens (tertiary/aromatic N) is 4. The summed E-state index contributed by atoms with van der Waals surface area (Å²) in [7, 11) is 0. The molecule has 0 saturated heterocycles. The highest BCUT2D eigenvalue weighted by molar-refractivity contribution is 9.10. The molecule has 0 N–H and O–H groups in total. The van der Waals surface area contributed by atoms with Crippen molar-refractivity contribution in [3.8, 4) is 16.9 Å². The Hall–Kier alpha value is -3.65. The fraction of sp³-hybridized carbons (Fsp3) is 0. The molecule has 0 radical (unpaired) electrons. The van der Waals surface area contributed by atoms with Crippen LogP contribution in [0.5, 0.6) is 0 Å². The standard InChI is InChI=1S/C22H12BrFN4O2/c23-14-6-4-13(5-7-14)21-19-12-25-20-9-8-15(24)10-18(20)22(19)27(26-21)16-2-1-3-17(11-16)28(29)30/h1-12H. The number of non-ortho nitro benzene ring substituents is 1. The third kappa shape index (κ3) is 3.02. The fourth-order valence-corrected chi connectivity index (χ4v) is 3.77. The van der Waals surface area contributed by atoms with E-state index in [1.807, 2.05) is 24.3 Å². The van der Waals surface area contributed by atoms with Crippen molar-refractivity contribution in [3.63, 3.8) is 0 Å². The Morgan fingerprint density at radius 3 is 2.57 bits per heavy atom. The molecule has 0 amide bonds. The number of rotatable bonds is 3. The fourth-order valence-electron chi connectivity index (χ4n) is 3.50. The van der Waals surface area contributed by atoms with Crippen LogP contribution in [0.3, 0.4) is 0 Å². The molecule has 146 valence electrons. The molecule has 30 heavy (non-hydrogen) atoms. The number of halogens is 2. The number of benzene rings is 3. The van der Waals surface area contributed by atoms with Crippen LogP contribution in [0.1, 0.15) is 0 Å². The van der Waals surface area contributed by atoms with E-state index < -0.39 is 10.7 Å². The highest BCUT2D eigenvalue weighted by atomic mass is 79.9. The van der Waals surface area contributed by atoms with Gasteiger partial charge in [-0.2, -0.15) is 5.10 Å². The van der Waals surface area contributed by atoms with Crippen LogP contribution >= 0.6 is 15.9 Å². The highest BCUT2D eigenvalue weighted by Gasteiger charge is 2.18. The molecule has 0 spiro atoms. The van der Waals surface area contributed by atoms with Gasteiger partial charge in [-0.25, -0.2) is 9.07 Å². The van der Waals surface area contributed by atoms with Crippen molar-refractivity contribution in [2.75, 3.05) is 0 Å². The molecule has 2 heterocycles. The van der Waals surface area contributed by atoms with Gasteiger partial charge in [-0.05, 0) is 36.4 Å². The van der Waals surface area contributed by atoms with Crippen molar-refractivity contribution in [2.45, 2.75) is 0 Å². The molecule has 0 atom stereocenters. The van der Waals surface area contributed by atoms with Crippen LogP contribution in [0.4, 0.5) is 10.1 Å². The molecule has 0 aliphatic heterocycles. The third-order valence-electron chi connectivity index (χ3n) is 4.87. The molecule has 0 fully saturated rings. The maximum absolute atomic E-state index is 14.1. The summed E-state index contributed by atoms with van der Waals surface area (Å²) >= 11 is 3.43. The summed E-state index contributed by atoms with van der Waals surface area (Å²) in [5, 5.41) is 17.3. The lowest BCUT2D eigenvalue weighted by atomic mass is 10.1. The van der Waals surface area contributed by atoms with Gasteiger partial charge in [0.2, 0.25) is 0 Å². The Morgan fingerprint density at radius 2 is 1.80 bits per heavy atom. The molecular formula is C22H12BrFN4O2. The van der Waals surface area contributed by atoms with Gasteiger partial charge in [0.25, 0.3) is 5.69 Å². The molecule has 0 saturated carbocycles. The van der Waals surface area contributed by atoms with Gasteiger partial charge < -0.3 is 0 Å². The predicted molar refractivity (Wildman–Crippen MR) is 116 cm³/mol. The minimum atomic E-state index is -0.454. The molecule has 0 aliphatic rings. The molecular weight excluding hydrogens is 451 g/mol. The Bertz CT molecular complexity index is 1450. The Morgan fingerprint density at radius 1 is 1.00 bits per heavy atom. The molecule has 2 aromatic heterocycles. The maximum Gasteiger partial charge on any atom is 0.271 e. The molecule has 8 heteroatoms. The van der Waals surface area contributed by atoms with Crippen LogP contribution in [-0.2, 0) is 0 Å². The summed E-state index contributed by atoms with van der Waals surface area (Å²) in [6.45, 7) is 0. The third-order valence-corrected chi connectivity index (χ3v) is 5.40. The first kappa shape index (κ1) is 18.4. The maximum atomic E-state index is 14.1. The lowest BCUT2D eigenvalue weighted by Gasteiger charge is -2.06. The molecule has 5 aromatic rings. The van der Waals surface area contributed by atoms with Crippen LogP contribution in [0.15, 0.2) is 77.4 Å². The van der Waals surface area contributed by atoms with Crippen LogP contribution in [0, 0.1) is 15.9 Å². The summed E-state index contributed by atoms with van der Waals surface area (Å²) < 4.78 is 16.6. The van der Waals surface area contributed by atoms with Crippen LogP contribution in [0.2, 0.25) is 0 Å². The summed E-state index contributed by atoms with van der Waals surface area (Å²) in [4.78, 5) is 15.3. The number of hydrogen-bond donors (Lipinski definition) is 0. The van der Waals surface area contributed by atoms with Gasteiger partial charge in [0.05, 0.1) is 21.6 Å². The van der Waals surface area contributed by atoms with E-state index in [2.05, 4.69) is 20.9 Å². The van der Waals surface area contributed by atoms with Crippen LogP contribution < -0.4 is 0 Å². The molecule has 5 rings (SSSR count). The average molecular weight is 463 g/mol. The van der Waals surface area contributed by atoms with Gasteiger partial charge in [0.1, 0.15) is 11.5 Å².